The Balaban J connectivity index is 1.23. The number of pyridine rings is 1. The van der Waals surface area contributed by atoms with Gasteiger partial charge in [0.15, 0.2) is 0 Å². The lowest BCUT2D eigenvalue weighted by Gasteiger charge is -2.46. The molecule has 310 valence electrons. The van der Waals surface area contributed by atoms with Gasteiger partial charge in [0.25, 0.3) is 14.0 Å². The van der Waals surface area contributed by atoms with E-state index in [1.165, 1.54) is 18.2 Å². The second-order valence-electron chi connectivity index (χ2n) is 17.1. The van der Waals surface area contributed by atoms with Gasteiger partial charge in [-0.05, 0) is 106 Å². The van der Waals surface area contributed by atoms with E-state index in [-0.39, 0.29) is 41.5 Å². The number of nitrogens with zero attached hydrogens (tertiary/aromatic N) is 3. The van der Waals surface area contributed by atoms with Crippen molar-refractivity contribution in [2.75, 3.05) is 11.5 Å². The predicted octanol–water partition coefficient (Wildman–Crippen LogP) is 7.59. The number of aromatic nitrogens is 1. The highest BCUT2D eigenvalue weighted by molar-refractivity contribution is 6.99. The van der Waals surface area contributed by atoms with Crippen LogP contribution in [0.15, 0.2) is 145 Å². The van der Waals surface area contributed by atoms with E-state index in [0.29, 0.717) is 12.8 Å². The minimum Gasteiger partial charge on any atom is -0.508 e. The zero-order valence-electron chi connectivity index (χ0n) is 34.4. The Hall–Kier alpha value is -5.99. The summed E-state index contributed by atoms with van der Waals surface area (Å²) in [7, 11) is -4.30. The number of imide groups is 1. The standard InChI is InChI=1S/C48H48BN3O8Si/c1-48(2,3)61(38-15-6-4-7-16-38,39-17-8-5-9-18-39)59-31-34-28-40-45(47(55)51(46(40)54)35-13-12-14-36(29-35)52(57)58)41-30-49(56)60-43(44(34)41)25-22-33(42-19-10-11-26-50-42)27-32-20-23-37(53)24-21-32/h4-21,23-24,26-27,29,40-41,43,45,53,56H,22,25,28,30-31H2,1-3H3/b33-27-/t40-,41+,43-,45-/m1/s1. The number of nitro groups is 1. The Morgan fingerprint density at radius 1 is 0.918 bits per heavy atom. The van der Waals surface area contributed by atoms with Crippen molar-refractivity contribution < 1.29 is 33.7 Å². The van der Waals surface area contributed by atoms with Gasteiger partial charge in [-0.3, -0.25) is 24.7 Å². The van der Waals surface area contributed by atoms with Crippen molar-refractivity contribution >= 4 is 60.6 Å². The monoisotopic (exact) mass is 833 g/mol. The van der Waals surface area contributed by atoms with Crippen molar-refractivity contribution in [3.63, 3.8) is 0 Å². The van der Waals surface area contributed by atoms with E-state index in [0.717, 1.165) is 43.3 Å². The topological polar surface area (TPSA) is 152 Å². The van der Waals surface area contributed by atoms with Gasteiger partial charge in [0, 0.05) is 18.3 Å². The molecule has 1 aliphatic carbocycles. The minimum absolute atomic E-state index is 0.0912. The average Bonchev–Trinajstić information content (AvgIpc) is 3.51. The van der Waals surface area contributed by atoms with Gasteiger partial charge in [-0.1, -0.05) is 106 Å². The maximum atomic E-state index is 14.6. The molecule has 2 amide bonds. The molecule has 4 aromatic carbocycles. The Labute approximate surface area is 356 Å². The molecular formula is C48H48BN3O8Si. The molecule has 0 saturated carbocycles. The fraction of sp³-hybridized carbons (Fsp3) is 0.271. The summed E-state index contributed by atoms with van der Waals surface area (Å²) in [6.45, 7) is 6.77. The smallest absolute Gasteiger partial charge is 0.455 e. The Bertz CT molecular complexity index is 2440. The van der Waals surface area contributed by atoms with Crippen LogP contribution in [0.2, 0.25) is 11.4 Å². The first-order chi connectivity index (χ1) is 29.4. The Morgan fingerprint density at radius 3 is 2.21 bits per heavy atom. The van der Waals surface area contributed by atoms with Crippen molar-refractivity contribution in [1.82, 2.24) is 4.98 Å². The summed E-state index contributed by atoms with van der Waals surface area (Å²) >= 11 is 0. The number of rotatable bonds is 12. The highest BCUT2D eigenvalue weighted by Crippen LogP contribution is 2.52. The maximum Gasteiger partial charge on any atom is 0.455 e. The van der Waals surface area contributed by atoms with Crippen LogP contribution >= 0.6 is 0 Å². The van der Waals surface area contributed by atoms with Gasteiger partial charge in [0.05, 0.1) is 40.9 Å². The lowest BCUT2D eigenvalue weighted by atomic mass is 9.58. The molecular weight excluding hydrogens is 785 g/mol. The first-order valence-electron chi connectivity index (χ1n) is 20.7. The van der Waals surface area contributed by atoms with Crippen LogP contribution in [0.4, 0.5) is 11.4 Å². The third-order valence-corrected chi connectivity index (χ3v) is 17.4. The molecule has 0 unspecified atom stereocenters. The molecule has 0 bridgehead atoms. The van der Waals surface area contributed by atoms with E-state index in [1.807, 2.05) is 72.8 Å². The average molecular weight is 834 g/mol. The van der Waals surface area contributed by atoms with Crippen LogP contribution < -0.4 is 15.3 Å². The third kappa shape index (κ3) is 8.14. The van der Waals surface area contributed by atoms with Crippen LogP contribution in [0.3, 0.4) is 0 Å². The molecule has 4 atom stereocenters. The molecule has 13 heteroatoms. The quantitative estimate of drug-likeness (QED) is 0.0426. The molecule has 1 aromatic heterocycles. The van der Waals surface area contributed by atoms with Gasteiger partial charge in [0.1, 0.15) is 5.75 Å². The van der Waals surface area contributed by atoms with Crippen LogP contribution in [0.25, 0.3) is 11.6 Å². The van der Waals surface area contributed by atoms with E-state index in [4.69, 9.17) is 9.08 Å². The third-order valence-electron chi connectivity index (χ3n) is 12.4. The van der Waals surface area contributed by atoms with Crippen molar-refractivity contribution in [3.05, 3.63) is 166 Å². The molecule has 11 nitrogen and oxygen atoms in total. The number of phenolic OH excluding ortho intramolecular Hbond substituents is 1. The number of carbonyl (C=O) groups excluding carboxylic acids is 2. The predicted molar refractivity (Wildman–Crippen MR) is 238 cm³/mol. The summed E-state index contributed by atoms with van der Waals surface area (Å²) < 4.78 is 14.0. The molecule has 5 aromatic rings. The molecule has 2 saturated heterocycles. The summed E-state index contributed by atoms with van der Waals surface area (Å²) in [6.07, 6.45) is 4.32. The minimum atomic E-state index is -3.09. The highest BCUT2D eigenvalue weighted by Gasteiger charge is 2.58. The van der Waals surface area contributed by atoms with Gasteiger partial charge in [-0.25, -0.2) is 4.90 Å². The van der Waals surface area contributed by atoms with Gasteiger partial charge < -0.3 is 19.2 Å². The Kier molecular flexibility index (Phi) is 11.7. The molecule has 2 N–H and O–H groups in total. The fourth-order valence-corrected chi connectivity index (χ4v) is 14.3. The fourth-order valence-electron chi connectivity index (χ4n) is 9.74. The number of fused-ring (bicyclic) bond motifs is 3. The maximum absolute atomic E-state index is 14.6. The van der Waals surface area contributed by atoms with Crippen molar-refractivity contribution in [1.29, 1.82) is 0 Å². The lowest BCUT2D eigenvalue weighted by molar-refractivity contribution is -0.384. The lowest BCUT2D eigenvalue weighted by Crippen LogP contribution is -2.66. The zero-order chi connectivity index (χ0) is 42.9. The second-order valence-corrected chi connectivity index (χ2v) is 21.4. The molecule has 3 heterocycles. The number of amides is 2. The highest BCUT2D eigenvalue weighted by atomic mass is 28.4. The molecule has 0 radical (unpaired) electrons. The van der Waals surface area contributed by atoms with Crippen LogP contribution in [0.5, 0.6) is 5.75 Å². The van der Waals surface area contributed by atoms with Gasteiger partial charge in [-0.2, -0.15) is 0 Å². The number of phenols is 1. The molecule has 8 rings (SSSR count). The number of carbonyl (C=O) groups is 2. The van der Waals surface area contributed by atoms with Crippen LogP contribution in [-0.4, -0.2) is 60.0 Å². The summed E-state index contributed by atoms with van der Waals surface area (Å²) in [5.74, 6) is -2.87. The number of anilines is 1. The summed E-state index contributed by atoms with van der Waals surface area (Å²) in [5, 5.41) is 35.0. The van der Waals surface area contributed by atoms with E-state index in [9.17, 15) is 29.8 Å². The van der Waals surface area contributed by atoms with Gasteiger partial charge in [-0.15, -0.1) is 0 Å². The van der Waals surface area contributed by atoms with E-state index in [2.05, 4.69) is 50.0 Å². The molecule has 2 aliphatic heterocycles. The number of aromatic hydroxyl groups is 1. The van der Waals surface area contributed by atoms with Gasteiger partial charge in [0.2, 0.25) is 11.8 Å². The first-order valence-corrected chi connectivity index (χ1v) is 22.6. The van der Waals surface area contributed by atoms with Crippen molar-refractivity contribution in [2.24, 2.45) is 17.8 Å². The van der Waals surface area contributed by atoms with Gasteiger partial charge >= 0.3 is 7.12 Å². The first kappa shape index (κ1) is 41.7. The Morgan fingerprint density at radius 2 is 1.59 bits per heavy atom. The zero-order valence-corrected chi connectivity index (χ0v) is 35.4. The van der Waals surface area contributed by atoms with Crippen LogP contribution in [0.1, 0.15) is 51.3 Å². The molecule has 3 aliphatic rings. The summed E-state index contributed by atoms with van der Waals surface area (Å²) in [5.41, 5.74) is 4.19. The van der Waals surface area contributed by atoms with Crippen molar-refractivity contribution in [2.45, 2.75) is 57.5 Å². The van der Waals surface area contributed by atoms with Crippen molar-refractivity contribution in [3.8, 4) is 5.75 Å². The number of non-ortho nitro benzene ring substituents is 1. The SMILES string of the molecule is CC(C)(C)[Si](OCC1=C2[C@@H](CC/C(=C/c3ccc(O)cc3)c3ccccn3)OB(O)C[C@@H]2[C@@H]2C(=O)N(c3cccc([N+](=O)[O-])c3)C(=O)[C@@H]2C1)(c1ccccc1)c1ccccc1. The second kappa shape index (κ2) is 17.2. The largest absolute Gasteiger partial charge is 0.508 e. The molecule has 61 heavy (non-hydrogen) atoms. The molecule has 0 spiro atoms. The van der Waals surface area contributed by atoms with E-state index >= 15 is 0 Å². The normalized spacial score (nSPS) is 20.8. The molecule has 2 fully saturated rings. The number of nitro benzene ring substituents is 1. The number of hydrogen-bond donors (Lipinski definition) is 2. The summed E-state index contributed by atoms with van der Waals surface area (Å²) in [4.78, 5) is 46.2. The van der Waals surface area contributed by atoms with Crippen LogP contribution in [-0.2, 0) is 18.7 Å². The van der Waals surface area contributed by atoms with Crippen LogP contribution in [0, 0.1) is 27.9 Å². The van der Waals surface area contributed by atoms with E-state index < -0.39 is 56.0 Å². The number of benzene rings is 4. The number of allylic oxidation sites excluding steroid dienone is 1. The van der Waals surface area contributed by atoms with E-state index in [1.54, 1.807) is 24.4 Å². The number of hydrogen-bond acceptors (Lipinski definition) is 9. The summed E-state index contributed by atoms with van der Waals surface area (Å²) in [6, 6.07) is 38.8.